The molecule has 5 aromatic rings. The first kappa shape index (κ1) is 25.8. The molecule has 0 saturated carbocycles. The van der Waals surface area contributed by atoms with Gasteiger partial charge in [0.05, 0.1) is 11.4 Å². The van der Waals surface area contributed by atoms with E-state index in [-0.39, 0.29) is 0 Å². The average molecular weight is 530 g/mol. The Morgan fingerprint density at radius 3 is 1.73 bits per heavy atom. The zero-order chi connectivity index (χ0) is 28.2. The lowest BCUT2D eigenvalue weighted by molar-refractivity contribution is 1.43. The number of allylic oxidation sites excluding steroid dienone is 5. The number of nitrogen functional groups attached to an aromatic ring is 2. The van der Waals surface area contributed by atoms with E-state index in [1.54, 1.807) is 0 Å². The highest BCUT2D eigenvalue weighted by molar-refractivity contribution is 6.39. The third-order valence-electron chi connectivity index (χ3n) is 7.34. The SMILES string of the molecule is Cc1cc(C(=C2C=CC(=Nc3ccccc3)C(c3ccccc3)=C2c2ccccc2)c2ccc(N)cc2)ccc1N. The van der Waals surface area contributed by atoms with Crippen molar-refractivity contribution < 1.29 is 0 Å². The largest absolute Gasteiger partial charge is 0.399 e. The molecule has 0 spiro atoms. The molecule has 0 aromatic heterocycles. The Hall–Kier alpha value is -5.41. The van der Waals surface area contributed by atoms with Gasteiger partial charge >= 0.3 is 0 Å². The van der Waals surface area contributed by atoms with Crippen LogP contribution in [0, 0.1) is 6.92 Å². The van der Waals surface area contributed by atoms with Crippen LogP contribution in [0.4, 0.5) is 17.1 Å². The van der Waals surface area contributed by atoms with Crippen LogP contribution in [0.15, 0.2) is 156 Å². The smallest absolute Gasteiger partial charge is 0.0721 e. The fourth-order valence-electron chi connectivity index (χ4n) is 5.30. The van der Waals surface area contributed by atoms with Crippen LogP contribution in [-0.2, 0) is 0 Å². The van der Waals surface area contributed by atoms with E-state index in [9.17, 15) is 0 Å². The van der Waals surface area contributed by atoms with Crippen LogP contribution in [0.2, 0.25) is 0 Å². The molecule has 0 bridgehead atoms. The Morgan fingerprint density at radius 2 is 1.12 bits per heavy atom. The summed E-state index contributed by atoms with van der Waals surface area (Å²) in [5.41, 5.74) is 25.6. The number of benzene rings is 5. The maximum absolute atomic E-state index is 6.26. The highest BCUT2D eigenvalue weighted by atomic mass is 14.7. The van der Waals surface area contributed by atoms with Gasteiger partial charge in [-0.2, -0.15) is 0 Å². The van der Waals surface area contributed by atoms with Gasteiger partial charge in [0.25, 0.3) is 0 Å². The normalized spacial score (nSPS) is 15.3. The van der Waals surface area contributed by atoms with Gasteiger partial charge in [0.15, 0.2) is 0 Å². The maximum Gasteiger partial charge on any atom is 0.0721 e. The monoisotopic (exact) mass is 529 g/mol. The van der Waals surface area contributed by atoms with E-state index in [1.807, 2.05) is 54.6 Å². The van der Waals surface area contributed by atoms with Crippen LogP contribution in [0.25, 0.3) is 16.7 Å². The third-order valence-corrected chi connectivity index (χ3v) is 7.34. The molecule has 1 aliphatic rings. The average Bonchev–Trinajstić information content (AvgIpc) is 3.01. The van der Waals surface area contributed by atoms with Crippen LogP contribution >= 0.6 is 0 Å². The quantitative estimate of drug-likeness (QED) is 0.223. The van der Waals surface area contributed by atoms with Gasteiger partial charge in [-0.05, 0) is 93.9 Å². The molecule has 3 heteroatoms. The number of aliphatic imine (C=N–C) groups is 1. The van der Waals surface area contributed by atoms with Crippen molar-refractivity contribution in [2.75, 3.05) is 11.5 Å². The van der Waals surface area contributed by atoms with Crippen molar-refractivity contribution in [1.82, 2.24) is 0 Å². The zero-order valence-corrected chi connectivity index (χ0v) is 23.0. The number of hydrogen-bond acceptors (Lipinski definition) is 3. The number of anilines is 2. The number of para-hydroxylation sites is 1. The molecule has 3 nitrogen and oxygen atoms in total. The summed E-state index contributed by atoms with van der Waals surface area (Å²) in [5.74, 6) is 0. The van der Waals surface area contributed by atoms with Gasteiger partial charge in [0.1, 0.15) is 0 Å². The molecule has 0 atom stereocenters. The minimum Gasteiger partial charge on any atom is -0.399 e. The molecule has 0 fully saturated rings. The van der Waals surface area contributed by atoms with Gasteiger partial charge in [-0.25, -0.2) is 4.99 Å². The second-order valence-electron chi connectivity index (χ2n) is 10.1. The molecule has 5 aromatic carbocycles. The van der Waals surface area contributed by atoms with Crippen molar-refractivity contribution >= 4 is 39.5 Å². The van der Waals surface area contributed by atoms with E-state index in [1.165, 1.54) is 0 Å². The minimum atomic E-state index is 0.729. The van der Waals surface area contributed by atoms with Crippen LogP contribution in [-0.4, -0.2) is 5.71 Å². The number of rotatable bonds is 5. The van der Waals surface area contributed by atoms with Crippen LogP contribution in [0.1, 0.15) is 27.8 Å². The fourth-order valence-corrected chi connectivity index (χ4v) is 5.30. The molecule has 0 saturated heterocycles. The van der Waals surface area contributed by atoms with Gasteiger partial charge in [-0.1, -0.05) is 103 Å². The summed E-state index contributed by atoms with van der Waals surface area (Å²) in [6.45, 7) is 2.05. The molecule has 0 radical (unpaired) electrons. The summed E-state index contributed by atoms with van der Waals surface area (Å²) in [6, 6.07) is 45.6. The Labute approximate surface area is 241 Å². The van der Waals surface area contributed by atoms with Crippen molar-refractivity contribution in [1.29, 1.82) is 0 Å². The van der Waals surface area contributed by atoms with E-state index < -0.39 is 0 Å². The summed E-state index contributed by atoms with van der Waals surface area (Å²) in [7, 11) is 0. The molecule has 0 amide bonds. The van der Waals surface area contributed by atoms with Gasteiger partial charge in [0.2, 0.25) is 0 Å². The highest BCUT2D eigenvalue weighted by Crippen LogP contribution is 2.43. The lowest BCUT2D eigenvalue weighted by atomic mass is 9.78. The Kier molecular flexibility index (Phi) is 7.17. The Bertz CT molecular complexity index is 1810. The first-order valence-corrected chi connectivity index (χ1v) is 13.7. The van der Waals surface area contributed by atoms with Crippen molar-refractivity contribution in [2.24, 2.45) is 4.99 Å². The minimum absolute atomic E-state index is 0.729. The van der Waals surface area contributed by atoms with Gasteiger partial charge in [0, 0.05) is 16.9 Å². The molecule has 41 heavy (non-hydrogen) atoms. The third kappa shape index (κ3) is 5.39. The maximum atomic E-state index is 6.26. The molecule has 198 valence electrons. The topological polar surface area (TPSA) is 64.4 Å². The predicted molar refractivity (Wildman–Crippen MR) is 175 cm³/mol. The lowest BCUT2D eigenvalue weighted by Crippen LogP contribution is -2.10. The molecule has 4 N–H and O–H groups in total. The summed E-state index contributed by atoms with van der Waals surface area (Å²) in [6.07, 6.45) is 4.34. The number of nitrogens with zero attached hydrogens (tertiary/aromatic N) is 1. The van der Waals surface area contributed by atoms with E-state index in [4.69, 9.17) is 16.5 Å². The fraction of sp³-hybridized carbons (Fsp3) is 0.0263. The van der Waals surface area contributed by atoms with Gasteiger partial charge < -0.3 is 11.5 Å². The molecule has 6 rings (SSSR count). The van der Waals surface area contributed by atoms with E-state index >= 15 is 0 Å². The van der Waals surface area contributed by atoms with Gasteiger partial charge in [-0.3, -0.25) is 0 Å². The predicted octanol–water partition coefficient (Wildman–Crippen LogP) is 8.91. The lowest BCUT2D eigenvalue weighted by Gasteiger charge is -2.25. The summed E-state index contributed by atoms with van der Waals surface area (Å²) >= 11 is 0. The Balaban J connectivity index is 1.74. The number of hydrogen-bond donors (Lipinski definition) is 2. The highest BCUT2D eigenvalue weighted by Gasteiger charge is 2.25. The summed E-state index contributed by atoms with van der Waals surface area (Å²) < 4.78 is 0. The van der Waals surface area contributed by atoms with E-state index in [0.29, 0.717) is 0 Å². The molecule has 0 heterocycles. The van der Waals surface area contributed by atoms with Crippen LogP contribution in [0.5, 0.6) is 0 Å². The first-order chi connectivity index (χ1) is 20.1. The number of aryl methyl sites for hydroxylation is 1. The zero-order valence-electron chi connectivity index (χ0n) is 23.0. The summed E-state index contributed by atoms with van der Waals surface area (Å²) in [4.78, 5) is 5.14. The Morgan fingerprint density at radius 1 is 0.561 bits per heavy atom. The summed E-state index contributed by atoms with van der Waals surface area (Å²) in [5, 5.41) is 0. The van der Waals surface area contributed by atoms with Crippen LogP contribution in [0.3, 0.4) is 0 Å². The van der Waals surface area contributed by atoms with Crippen molar-refractivity contribution in [2.45, 2.75) is 6.92 Å². The molecule has 1 aliphatic carbocycles. The second kappa shape index (κ2) is 11.4. The molecule has 0 unspecified atom stereocenters. The molecular formula is C38H31N3. The second-order valence-corrected chi connectivity index (χ2v) is 10.1. The van der Waals surface area contributed by atoms with Crippen molar-refractivity contribution in [3.8, 4) is 0 Å². The van der Waals surface area contributed by atoms with Gasteiger partial charge in [-0.15, -0.1) is 0 Å². The van der Waals surface area contributed by atoms with Crippen LogP contribution < -0.4 is 11.5 Å². The van der Waals surface area contributed by atoms with Crippen molar-refractivity contribution in [3.05, 3.63) is 179 Å². The molecular weight excluding hydrogens is 498 g/mol. The number of nitrogens with two attached hydrogens (primary N) is 2. The first-order valence-electron chi connectivity index (χ1n) is 13.7. The van der Waals surface area contributed by atoms with E-state index in [2.05, 4.69) is 97.9 Å². The standard InChI is InChI=1S/C38H31N3/c1-26-25-30(19-23-34(26)40)36(29-17-20-31(39)21-18-29)33-22-24-35(41-32-15-9-4-10-16-32)38(28-13-7-3-8-14-28)37(33)27-11-5-2-6-12-27/h2-25H,39-40H2,1H3. The molecule has 0 aliphatic heterocycles. The van der Waals surface area contributed by atoms with E-state index in [0.717, 1.165) is 72.9 Å². The van der Waals surface area contributed by atoms with Crippen molar-refractivity contribution in [3.63, 3.8) is 0 Å².